The fraction of sp³-hybridized carbons (Fsp3) is 0.231. The number of para-hydroxylation sites is 2. The molecule has 1 aromatic carbocycles. The average molecular weight is 242 g/mol. The Hall–Kier alpha value is -2.14. The molecule has 18 heavy (non-hydrogen) atoms. The number of benzene rings is 1. The highest BCUT2D eigenvalue weighted by atomic mass is 16.2. The lowest BCUT2D eigenvalue weighted by molar-refractivity contribution is -0.118. The first-order valence-corrected chi connectivity index (χ1v) is 5.87. The van der Waals surface area contributed by atoms with Crippen LogP contribution in [0, 0.1) is 0 Å². The van der Waals surface area contributed by atoms with Crippen LogP contribution in [-0.2, 0) is 4.79 Å². The number of imidazole rings is 1. The minimum absolute atomic E-state index is 0.116. The van der Waals surface area contributed by atoms with Crippen LogP contribution < -0.4 is 11.1 Å². The van der Waals surface area contributed by atoms with Crippen molar-refractivity contribution in [2.24, 2.45) is 5.73 Å². The molecule has 0 atom stereocenters. The summed E-state index contributed by atoms with van der Waals surface area (Å²) >= 11 is 0. The van der Waals surface area contributed by atoms with Crippen molar-refractivity contribution < 1.29 is 4.79 Å². The van der Waals surface area contributed by atoms with Gasteiger partial charge < -0.3 is 15.6 Å². The molecule has 5 heteroatoms. The van der Waals surface area contributed by atoms with E-state index in [2.05, 4.69) is 10.3 Å². The number of anilines is 1. The predicted molar refractivity (Wildman–Crippen MR) is 68.3 cm³/mol. The number of amides is 1. The van der Waals surface area contributed by atoms with Crippen molar-refractivity contribution >= 4 is 11.6 Å². The molecule has 0 radical (unpaired) electrons. The summed E-state index contributed by atoms with van der Waals surface area (Å²) in [6.07, 6.45) is 6.74. The highest BCUT2D eigenvalue weighted by Gasteiger charge is 2.46. The summed E-state index contributed by atoms with van der Waals surface area (Å²) < 4.78 is 1.85. The van der Waals surface area contributed by atoms with Gasteiger partial charge >= 0.3 is 0 Å². The topological polar surface area (TPSA) is 72.9 Å². The van der Waals surface area contributed by atoms with Gasteiger partial charge in [-0.1, -0.05) is 12.1 Å². The van der Waals surface area contributed by atoms with E-state index in [4.69, 9.17) is 5.73 Å². The normalized spacial score (nSPS) is 16.3. The fourth-order valence-electron chi connectivity index (χ4n) is 1.81. The first-order valence-electron chi connectivity index (χ1n) is 5.87. The Balaban J connectivity index is 1.90. The summed E-state index contributed by atoms with van der Waals surface area (Å²) in [7, 11) is 0. The van der Waals surface area contributed by atoms with Gasteiger partial charge in [0, 0.05) is 12.4 Å². The average Bonchev–Trinajstić information content (AvgIpc) is 2.93. The van der Waals surface area contributed by atoms with E-state index in [1.54, 1.807) is 12.5 Å². The van der Waals surface area contributed by atoms with Crippen LogP contribution in [0.2, 0.25) is 0 Å². The third-order valence-electron chi connectivity index (χ3n) is 3.18. The summed E-state index contributed by atoms with van der Waals surface area (Å²) in [5.74, 6) is -0.116. The Bertz CT molecular complexity index is 572. The maximum atomic E-state index is 12.0. The molecule has 1 aliphatic carbocycles. The van der Waals surface area contributed by atoms with Crippen LogP contribution in [0.3, 0.4) is 0 Å². The molecule has 1 heterocycles. The summed E-state index contributed by atoms with van der Waals surface area (Å²) in [4.78, 5) is 16.0. The molecule has 2 aromatic rings. The second kappa shape index (κ2) is 3.96. The predicted octanol–water partition coefficient (Wildman–Crippen LogP) is 1.30. The molecular formula is C13H14N4O. The van der Waals surface area contributed by atoms with E-state index in [0.29, 0.717) is 0 Å². The van der Waals surface area contributed by atoms with Gasteiger partial charge in [-0.05, 0) is 25.0 Å². The number of hydrogen-bond donors (Lipinski definition) is 2. The van der Waals surface area contributed by atoms with Crippen molar-refractivity contribution in [3.05, 3.63) is 43.0 Å². The number of rotatable bonds is 3. The van der Waals surface area contributed by atoms with Gasteiger partial charge in [-0.3, -0.25) is 4.79 Å². The highest BCUT2D eigenvalue weighted by molar-refractivity contribution is 6.01. The van der Waals surface area contributed by atoms with Gasteiger partial charge in [-0.15, -0.1) is 0 Å². The fourth-order valence-corrected chi connectivity index (χ4v) is 1.81. The van der Waals surface area contributed by atoms with Crippen LogP contribution in [0.4, 0.5) is 5.69 Å². The zero-order valence-electron chi connectivity index (χ0n) is 9.84. The first kappa shape index (κ1) is 11.0. The Morgan fingerprint density at radius 1 is 1.39 bits per heavy atom. The molecule has 3 N–H and O–H groups in total. The third-order valence-corrected chi connectivity index (χ3v) is 3.18. The van der Waals surface area contributed by atoms with Crippen molar-refractivity contribution in [2.45, 2.75) is 18.4 Å². The molecule has 1 aliphatic rings. The summed E-state index contributed by atoms with van der Waals surface area (Å²) in [6, 6.07) is 7.58. The highest BCUT2D eigenvalue weighted by Crippen LogP contribution is 2.34. The van der Waals surface area contributed by atoms with Crippen LogP contribution in [0.25, 0.3) is 5.69 Å². The first-order chi connectivity index (χ1) is 8.69. The third kappa shape index (κ3) is 1.89. The number of nitrogens with zero attached hydrogens (tertiary/aromatic N) is 2. The second-order valence-electron chi connectivity index (χ2n) is 4.60. The molecule has 1 fully saturated rings. The Morgan fingerprint density at radius 2 is 2.17 bits per heavy atom. The monoisotopic (exact) mass is 242 g/mol. The van der Waals surface area contributed by atoms with Crippen molar-refractivity contribution in [3.63, 3.8) is 0 Å². The van der Waals surface area contributed by atoms with E-state index >= 15 is 0 Å². The lowest BCUT2D eigenvalue weighted by Gasteiger charge is -2.14. The number of nitrogens with one attached hydrogen (secondary N) is 1. The maximum Gasteiger partial charge on any atom is 0.244 e. The van der Waals surface area contributed by atoms with E-state index in [-0.39, 0.29) is 5.91 Å². The van der Waals surface area contributed by atoms with Crippen molar-refractivity contribution in [2.75, 3.05) is 5.32 Å². The zero-order valence-corrected chi connectivity index (χ0v) is 9.84. The van der Waals surface area contributed by atoms with E-state index < -0.39 is 5.54 Å². The number of nitrogens with two attached hydrogens (primary N) is 1. The summed E-state index contributed by atoms with van der Waals surface area (Å²) in [5.41, 5.74) is 6.84. The zero-order chi connectivity index (χ0) is 12.6. The molecule has 1 amide bonds. The maximum absolute atomic E-state index is 12.0. The Kier molecular flexibility index (Phi) is 2.41. The molecule has 0 unspecified atom stereocenters. The number of carbonyl (C=O) groups excluding carboxylic acids is 1. The molecule has 0 spiro atoms. The molecule has 1 aromatic heterocycles. The second-order valence-corrected chi connectivity index (χ2v) is 4.60. The molecule has 1 saturated carbocycles. The number of aromatic nitrogens is 2. The largest absolute Gasteiger partial charge is 0.323 e. The van der Waals surface area contributed by atoms with Crippen molar-refractivity contribution in [1.82, 2.24) is 9.55 Å². The minimum Gasteiger partial charge on any atom is -0.323 e. The minimum atomic E-state index is -0.665. The molecular weight excluding hydrogens is 228 g/mol. The van der Waals surface area contributed by atoms with Gasteiger partial charge in [0.25, 0.3) is 0 Å². The van der Waals surface area contributed by atoms with Gasteiger partial charge in [-0.2, -0.15) is 0 Å². The van der Waals surface area contributed by atoms with Crippen LogP contribution >= 0.6 is 0 Å². The molecule has 3 rings (SSSR count). The van der Waals surface area contributed by atoms with E-state index in [1.807, 2.05) is 35.0 Å². The van der Waals surface area contributed by atoms with E-state index in [0.717, 1.165) is 24.2 Å². The van der Waals surface area contributed by atoms with Crippen LogP contribution in [0.15, 0.2) is 43.0 Å². The van der Waals surface area contributed by atoms with Crippen LogP contribution in [0.1, 0.15) is 12.8 Å². The Morgan fingerprint density at radius 3 is 2.83 bits per heavy atom. The molecule has 0 aliphatic heterocycles. The van der Waals surface area contributed by atoms with Crippen molar-refractivity contribution in [3.8, 4) is 5.69 Å². The lowest BCUT2D eigenvalue weighted by Crippen LogP contribution is -2.38. The SMILES string of the molecule is NC1(C(=O)Nc2ccccc2-n2ccnc2)CC1. The van der Waals surface area contributed by atoms with Crippen LogP contribution in [0.5, 0.6) is 0 Å². The molecule has 5 nitrogen and oxygen atoms in total. The summed E-state index contributed by atoms with van der Waals surface area (Å²) in [5, 5.41) is 2.89. The lowest BCUT2D eigenvalue weighted by atomic mass is 10.2. The molecule has 92 valence electrons. The number of carbonyl (C=O) groups is 1. The van der Waals surface area contributed by atoms with Gasteiger partial charge in [0.15, 0.2) is 0 Å². The van der Waals surface area contributed by atoms with Crippen LogP contribution in [-0.4, -0.2) is 21.0 Å². The van der Waals surface area contributed by atoms with Gasteiger partial charge in [0.1, 0.15) is 0 Å². The standard InChI is InChI=1S/C13H14N4O/c14-13(5-6-13)12(18)16-10-3-1-2-4-11(10)17-8-7-15-9-17/h1-4,7-9H,5-6,14H2,(H,16,18). The summed E-state index contributed by atoms with van der Waals surface area (Å²) in [6.45, 7) is 0. The van der Waals surface area contributed by atoms with Gasteiger partial charge in [-0.25, -0.2) is 4.98 Å². The van der Waals surface area contributed by atoms with E-state index in [1.165, 1.54) is 0 Å². The number of hydrogen-bond acceptors (Lipinski definition) is 3. The quantitative estimate of drug-likeness (QED) is 0.852. The smallest absolute Gasteiger partial charge is 0.244 e. The molecule has 0 saturated heterocycles. The van der Waals surface area contributed by atoms with Gasteiger partial charge in [0.2, 0.25) is 5.91 Å². The van der Waals surface area contributed by atoms with Crippen molar-refractivity contribution in [1.29, 1.82) is 0 Å². The van der Waals surface area contributed by atoms with Gasteiger partial charge in [0.05, 0.1) is 23.2 Å². The Labute approximate surface area is 105 Å². The van der Waals surface area contributed by atoms with E-state index in [9.17, 15) is 4.79 Å². The molecule has 0 bridgehead atoms.